The van der Waals surface area contributed by atoms with Crippen LogP contribution in [0.1, 0.15) is 12.5 Å². The van der Waals surface area contributed by atoms with Crippen molar-refractivity contribution in [1.29, 1.82) is 0 Å². The summed E-state index contributed by atoms with van der Waals surface area (Å²) in [6.45, 7) is 4.07. The van der Waals surface area contributed by atoms with Crippen molar-refractivity contribution >= 4 is 26.7 Å². The average Bonchev–Trinajstić information content (AvgIpc) is 2.29. The van der Waals surface area contributed by atoms with E-state index >= 15 is 0 Å². The topological polar surface area (TPSA) is 12.0 Å². The van der Waals surface area contributed by atoms with Gasteiger partial charge < -0.3 is 5.32 Å². The first kappa shape index (κ1) is 10.7. The van der Waals surface area contributed by atoms with Crippen LogP contribution in [0, 0.1) is 0 Å². The number of hydrogen-bond acceptors (Lipinski definition) is 1. The third-order valence-electron chi connectivity index (χ3n) is 2.53. The Balaban J connectivity index is 2.51. The van der Waals surface area contributed by atoms with Gasteiger partial charge in [-0.25, -0.2) is 0 Å². The van der Waals surface area contributed by atoms with E-state index in [1.807, 2.05) is 0 Å². The molecular formula is C13H14BrN. The van der Waals surface area contributed by atoms with Crippen LogP contribution in [0.5, 0.6) is 0 Å². The summed E-state index contributed by atoms with van der Waals surface area (Å²) < 4.78 is 1.17. The normalized spacial score (nSPS) is 10.8. The van der Waals surface area contributed by atoms with E-state index in [2.05, 4.69) is 64.6 Å². The largest absolute Gasteiger partial charge is 0.313 e. The highest BCUT2D eigenvalue weighted by Gasteiger charge is 2.02. The number of halogens is 1. The number of hydrogen-bond donors (Lipinski definition) is 1. The van der Waals surface area contributed by atoms with Crippen LogP contribution in [0.25, 0.3) is 10.8 Å². The van der Waals surface area contributed by atoms with Crippen molar-refractivity contribution in [2.45, 2.75) is 13.5 Å². The van der Waals surface area contributed by atoms with Gasteiger partial charge >= 0.3 is 0 Å². The van der Waals surface area contributed by atoms with Gasteiger partial charge in [-0.1, -0.05) is 53.2 Å². The second-order valence-corrected chi connectivity index (χ2v) is 4.39. The van der Waals surface area contributed by atoms with Crippen LogP contribution in [0.2, 0.25) is 0 Å². The van der Waals surface area contributed by atoms with Crippen molar-refractivity contribution in [3.05, 3.63) is 46.4 Å². The van der Waals surface area contributed by atoms with Gasteiger partial charge in [-0.3, -0.25) is 0 Å². The molecule has 0 saturated heterocycles. The molecule has 0 fully saturated rings. The Morgan fingerprint density at radius 3 is 2.53 bits per heavy atom. The molecule has 0 aliphatic heterocycles. The lowest BCUT2D eigenvalue weighted by atomic mass is 10.0. The fourth-order valence-corrected chi connectivity index (χ4v) is 2.22. The summed E-state index contributed by atoms with van der Waals surface area (Å²) in [7, 11) is 0. The van der Waals surface area contributed by atoms with Crippen LogP contribution < -0.4 is 5.32 Å². The number of benzene rings is 2. The Labute approximate surface area is 98.6 Å². The summed E-state index contributed by atoms with van der Waals surface area (Å²) in [5.74, 6) is 0. The zero-order chi connectivity index (χ0) is 10.7. The van der Waals surface area contributed by atoms with Crippen molar-refractivity contribution in [3.8, 4) is 0 Å². The second kappa shape index (κ2) is 4.77. The van der Waals surface area contributed by atoms with Crippen LogP contribution >= 0.6 is 15.9 Å². The van der Waals surface area contributed by atoms with Gasteiger partial charge in [-0.15, -0.1) is 0 Å². The molecule has 0 radical (unpaired) electrons. The summed E-state index contributed by atoms with van der Waals surface area (Å²) in [5.41, 5.74) is 1.36. The molecule has 0 spiro atoms. The zero-order valence-electron chi connectivity index (χ0n) is 8.76. The maximum Gasteiger partial charge on any atom is 0.0253 e. The first-order valence-corrected chi connectivity index (χ1v) is 5.99. The maximum atomic E-state index is 3.58. The molecule has 15 heavy (non-hydrogen) atoms. The van der Waals surface area contributed by atoms with Crippen molar-refractivity contribution in [2.24, 2.45) is 0 Å². The molecule has 2 rings (SSSR count). The first-order valence-electron chi connectivity index (χ1n) is 5.19. The molecule has 2 aromatic carbocycles. The van der Waals surface area contributed by atoms with Gasteiger partial charge in [-0.05, 0) is 28.9 Å². The molecule has 78 valence electrons. The predicted molar refractivity (Wildman–Crippen MR) is 69.0 cm³/mol. The van der Waals surface area contributed by atoms with Crippen molar-refractivity contribution in [2.75, 3.05) is 6.54 Å². The van der Waals surface area contributed by atoms with Gasteiger partial charge in [0.2, 0.25) is 0 Å². The lowest BCUT2D eigenvalue weighted by Crippen LogP contribution is -2.11. The van der Waals surface area contributed by atoms with Crippen LogP contribution in [-0.4, -0.2) is 6.54 Å². The third-order valence-corrected chi connectivity index (χ3v) is 3.22. The van der Waals surface area contributed by atoms with Crippen LogP contribution in [0.4, 0.5) is 0 Å². The number of fused-ring (bicyclic) bond motifs is 1. The van der Waals surface area contributed by atoms with E-state index < -0.39 is 0 Å². The molecule has 0 aliphatic rings. The minimum atomic E-state index is 0.935. The fraction of sp³-hybridized carbons (Fsp3) is 0.231. The molecule has 0 amide bonds. The van der Waals surface area contributed by atoms with E-state index in [-0.39, 0.29) is 0 Å². The molecule has 0 aromatic heterocycles. The SMILES string of the molecule is CCNCc1ccc(Br)c2ccccc12. The Hall–Kier alpha value is -0.860. The third kappa shape index (κ3) is 2.21. The highest BCUT2D eigenvalue weighted by molar-refractivity contribution is 9.10. The lowest BCUT2D eigenvalue weighted by Gasteiger charge is -2.08. The molecule has 0 unspecified atom stereocenters. The molecule has 1 nitrogen and oxygen atoms in total. The Kier molecular flexibility index (Phi) is 3.39. The summed E-state index contributed by atoms with van der Waals surface area (Å²) >= 11 is 3.58. The Morgan fingerprint density at radius 2 is 1.80 bits per heavy atom. The van der Waals surface area contributed by atoms with E-state index in [1.165, 1.54) is 20.8 Å². The predicted octanol–water partition coefficient (Wildman–Crippen LogP) is 3.71. The van der Waals surface area contributed by atoms with Gasteiger partial charge in [-0.2, -0.15) is 0 Å². The van der Waals surface area contributed by atoms with Crippen LogP contribution in [0.3, 0.4) is 0 Å². The van der Waals surface area contributed by atoms with E-state index in [9.17, 15) is 0 Å². The quantitative estimate of drug-likeness (QED) is 0.891. The lowest BCUT2D eigenvalue weighted by molar-refractivity contribution is 0.730. The van der Waals surface area contributed by atoms with E-state index in [0.717, 1.165) is 13.1 Å². The van der Waals surface area contributed by atoms with Gasteiger partial charge in [0.05, 0.1) is 0 Å². The minimum Gasteiger partial charge on any atom is -0.313 e. The van der Waals surface area contributed by atoms with Crippen molar-refractivity contribution in [3.63, 3.8) is 0 Å². The maximum absolute atomic E-state index is 3.58. The molecule has 2 heteroatoms. The Bertz CT molecular complexity index is 465. The van der Waals surface area contributed by atoms with Gasteiger partial charge in [0.25, 0.3) is 0 Å². The molecular weight excluding hydrogens is 250 g/mol. The van der Waals surface area contributed by atoms with E-state index in [4.69, 9.17) is 0 Å². The molecule has 2 aromatic rings. The molecule has 0 atom stereocenters. The monoisotopic (exact) mass is 263 g/mol. The number of nitrogens with one attached hydrogen (secondary N) is 1. The van der Waals surface area contributed by atoms with Crippen LogP contribution in [0.15, 0.2) is 40.9 Å². The van der Waals surface area contributed by atoms with Crippen LogP contribution in [-0.2, 0) is 6.54 Å². The molecule has 1 N–H and O–H groups in total. The fourth-order valence-electron chi connectivity index (χ4n) is 1.74. The van der Waals surface area contributed by atoms with Gasteiger partial charge in [0.15, 0.2) is 0 Å². The summed E-state index contributed by atoms with van der Waals surface area (Å²) in [4.78, 5) is 0. The van der Waals surface area contributed by atoms with E-state index in [0.29, 0.717) is 0 Å². The first-order chi connectivity index (χ1) is 7.33. The Morgan fingerprint density at radius 1 is 1.07 bits per heavy atom. The summed E-state index contributed by atoms with van der Waals surface area (Å²) in [5, 5.41) is 5.97. The second-order valence-electron chi connectivity index (χ2n) is 3.53. The standard InChI is InChI=1S/C13H14BrN/c1-2-15-9-10-7-8-13(14)12-6-4-3-5-11(10)12/h3-8,15H,2,9H2,1H3. The summed E-state index contributed by atoms with van der Waals surface area (Å²) in [6.07, 6.45) is 0. The average molecular weight is 264 g/mol. The molecule has 0 heterocycles. The smallest absolute Gasteiger partial charge is 0.0253 e. The highest BCUT2D eigenvalue weighted by atomic mass is 79.9. The van der Waals surface area contributed by atoms with Crippen molar-refractivity contribution < 1.29 is 0 Å². The molecule has 0 aliphatic carbocycles. The number of rotatable bonds is 3. The van der Waals surface area contributed by atoms with Gasteiger partial charge in [0.1, 0.15) is 0 Å². The molecule has 0 saturated carbocycles. The van der Waals surface area contributed by atoms with Gasteiger partial charge in [0, 0.05) is 11.0 Å². The van der Waals surface area contributed by atoms with Crippen molar-refractivity contribution in [1.82, 2.24) is 5.32 Å². The highest BCUT2D eigenvalue weighted by Crippen LogP contribution is 2.26. The minimum absolute atomic E-state index is 0.935. The summed E-state index contributed by atoms with van der Waals surface area (Å²) in [6, 6.07) is 12.8. The molecule has 0 bridgehead atoms. The zero-order valence-corrected chi connectivity index (χ0v) is 10.3. The van der Waals surface area contributed by atoms with E-state index in [1.54, 1.807) is 0 Å².